The van der Waals surface area contributed by atoms with Gasteiger partial charge in [0.25, 0.3) is 0 Å². The molecule has 0 radical (unpaired) electrons. The molecule has 1 atom stereocenters. The number of benzene rings is 2. The van der Waals surface area contributed by atoms with E-state index in [-0.39, 0.29) is 5.75 Å². The van der Waals surface area contributed by atoms with Crippen LogP contribution >= 0.6 is 0 Å². The fraction of sp³-hybridized carbons (Fsp3) is 0.133. The molecule has 2 aromatic carbocycles. The van der Waals surface area contributed by atoms with E-state index in [2.05, 4.69) is 5.32 Å². The van der Waals surface area contributed by atoms with Crippen LogP contribution in [0.2, 0.25) is 0 Å². The van der Waals surface area contributed by atoms with Gasteiger partial charge in [-0.2, -0.15) is 0 Å². The molecule has 0 heterocycles. The lowest BCUT2D eigenvalue weighted by atomic mass is 10.1. The van der Waals surface area contributed by atoms with Crippen LogP contribution in [0.5, 0.6) is 5.75 Å². The Morgan fingerprint density at radius 2 is 1.89 bits per heavy atom. The van der Waals surface area contributed by atoms with Gasteiger partial charge in [-0.15, -0.1) is 0 Å². The van der Waals surface area contributed by atoms with E-state index in [0.29, 0.717) is 11.3 Å². The van der Waals surface area contributed by atoms with Crippen molar-refractivity contribution in [1.29, 1.82) is 0 Å². The monoisotopic (exact) mass is 257 g/mol. The van der Waals surface area contributed by atoms with Crippen molar-refractivity contribution >= 4 is 11.7 Å². The van der Waals surface area contributed by atoms with Crippen LogP contribution in [0.3, 0.4) is 0 Å². The Hall–Kier alpha value is -2.49. The Bertz CT molecular complexity index is 595. The number of phenols is 1. The van der Waals surface area contributed by atoms with Gasteiger partial charge in [-0.1, -0.05) is 30.3 Å². The summed E-state index contributed by atoms with van der Waals surface area (Å²) in [5.41, 5.74) is 2.08. The van der Waals surface area contributed by atoms with Gasteiger partial charge in [0.1, 0.15) is 5.75 Å². The first-order valence-electron chi connectivity index (χ1n) is 5.92. The summed E-state index contributed by atoms with van der Waals surface area (Å²) in [6.45, 7) is 1.93. The number of rotatable bonds is 4. The molecule has 0 aliphatic carbocycles. The standard InChI is InChI=1S/C15H15NO3/c1-10-5-4-6-11(9-10)16-14(15(18)19)12-7-2-3-8-13(12)17/h2-9,14,16-17H,1H3,(H,18,19). The predicted molar refractivity (Wildman–Crippen MR) is 73.3 cm³/mol. The lowest BCUT2D eigenvalue weighted by Crippen LogP contribution is -2.20. The largest absolute Gasteiger partial charge is 0.508 e. The summed E-state index contributed by atoms with van der Waals surface area (Å²) in [4.78, 5) is 11.4. The second kappa shape index (κ2) is 5.44. The van der Waals surface area contributed by atoms with Crippen LogP contribution in [0.1, 0.15) is 17.2 Å². The zero-order chi connectivity index (χ0) is 13.8. The smallest absolute Gasteiger partial charge is 0.330 e. The van der Waals surface area contributed by atoms with E-state index in [1.54, 1.807) is 24.3 Å². The van der Waals surface area contributed by atoms with Gasteiger partial charge in [0.15, 0.2) is 6.04 Å². The molecule has 3 N–H and O–H groups in total. The van der Waals surface area contributed by atoms with Crippen molar-refractivity contribution in [2.75, 3.05) is 5.32 Å². The quantitative estimate of drug-likeness (QED) is 0.787. The first kappa shape index (κ1) is 13.0. The molecule has 0 aromatic heterocycles. The highest BCUT2D eigenvalue weighted by atomic mass is 16.4. The summed E-state index contributed by atoms with van der Waals surface area (Å²) in [5, 5.41) is 22.0. The Balaban J connectivity index is 2.32. The third-order valence-corrected chi connectivity index (χ3v) is 2.82. The normalized spacial score (nSPS) is 11.8. The maximum absolute atomic E-state index is 11.4. The zero-order valence-corrected chi connectivity index (χ0v) is 10.5. The molecule has 19 heavy (non-hydrogen) atoms. The van der Waals surface area contributed by atoms with E-state index >= 15 is 0 Å². The van der Waals surface area contributed by atoms with Gasteiger partial charge < -0.3 is 15.5 Å². The first-order valence-corrected chi connectivity index (χ1v) is 5.92. The van der Waals surface area contributed by atoms with E-state index in [0.717, 1.165) is 5.56 Å². The minimum Gasteiger partial charge on any atom is -0.508 e. The van der Waals surface area contributed by atoms with Crippen molar-refractivity contribution in [3.05, 3.63) is 59.7 Å². The minimum absolute atomic E-state index is 0.0324. The number of hydrogen-bond acceptors (Lipinski definition) is 3. The van der Waals surface area contributed by atoms with Gasteiger partial charge in [0, 0.05) is 11.3 Å². The number of nitrogens with one attached hydrogen (secondary N) is 1. The number of aliphatic carboxylic acids is 1. The Kier molecular flexibility index (Phi) is 3.71. The molecule has 1 unspecified atom stereocenters. The molecular formula is C15H15NO3. The number of aryl methyl sites for hydroxylation is 1. The lowest BCUT2D eigenvalue weighted by molar-refractivity contribution is -0.138. The molecule has 0 saturated heterocycles. The van der Waals surface area contributed by atoms with Crippen LogP contribution < -0.4 is 5.32 Å². The highest BCUT2D eigenvalue weighted by Gasteiger charge is 2.22. The van der Waals surface area contributed by atoms with Crippen molar-refractivity contribution in [3.63, 3.8) is 0 Å². The average Bonchev–Trinajstić information content (AvgIpc) is 2.37. The summed E-state index contributed by atoms with van der Waals surface area (Å²) in [7, 11) is 0. The number of hydrogen-bond donors (Lipinski definition) is 3. The Morgan fingerprint density at radius 3 is 2.53 bits per heavy atom. The van der Waals surface area contributed by atoms with Gasteiger partial charge in [0.2, 0.25) is 0 Å². The summed E-state index contributed by atoms with van der Waals surface area (Å²) in [6, 6.07) is 12.9. The fourth-order valence-corrected chi connectivity index (χ4v) is 1.91. The molecule has 0 saturated carbocycles. The minimum atomic E-state index is -1.04. The zero-order valence-electron chi connectivity index (χ0n) is 10.5. The summed E-state index contributed by atoms with van der Waals surface area (Å²) in [5.74, 6) is -1.07. The van der Waals surface area contributed by atoms with Crippen molar-refractivity contribution in [2.24, 2.45) is 0 Å². The number of phenolic OH excluding ortho intramolecular Hbond substituents is 1. The Morgan fingerprint density at radius 1 is 1.16 bits per heavy atom. The van der Waals surface area contributed by atoms with Crippen molar-refractivity contribution in [1.82, 2.24) is 0 Å². The second-order valence-electron chi connectivity index (χ2n) is 4.34. The highest BCUT2D eigenvalue weighted by Crippen LogP contribution is 2.27. The van der Waals surface area contributed by atoms with E-state index in [1.807, 2.05) is 25.1 Å². The van der Waals surface area contributed by atoms with E-state index in [1.165, 1.54) is 6.07 Å². The van der Waals surface area contributed by atoms with Crippen molar-refractivity contribution in [2.45, 2.75) is 13.0 Å². The topological polar surface area (TPSA) is 69.6 Å². The van der Waals surface area contributed by atoms with Crippen LogP contribution in [0.15, 0.2) is 48.5 Å². The van der Waals surface area contributed by atoms with Crippen LogP contribution in [-0.2, 0) is 4.79 Å². The van der Waals surface area contributed by atoms with Gasteiger partial charge in [-0.05, 0) is 30.7 Å². The number of para-hydroxylation sites is 1. The molecule has 0 amide bonds. The summed E-state index contributed by atoms with van der Waals surface area (Å²) >= 11 is 0. The molecule has 0 aliphatic heterocycles. The number of aromatic hydroxyl groups is 1. The molecule has 0 fully saturated rings. The van der Waals surface area contributed by atoms with Gasteiger partial charge in [-0.25, -0.2) is 4.79 Å². The molecule has 2 rings (SSSR count). The molecule has 0 bridgehead atoms. The maximum atomic E-state index is 11.4. The van der Waals surface area contributed by atoms with E-state index < -0.39 is 12.0 Å². The average molecular weight is 257 g/mol. The number of anilines is 1. The van der Waals surface area contributed by atoms with Crippen LogP contribution in [0.25, 0.3) is 0 Å². The molecule has 0 aliphatic rings. The summed E-state index contributed by atoms with van der Waals surface area (Å²) < 4.78 is 0. The number of carboxylic acids is 1. The first-order chi connectivity index (χ1) is 9.08. The van der Waals surface area contributed by atoms with Crippen molar-refractivity contribution in [3.8, 4) is 5.75 Å². The van der Waals surface area contributed by atoms with E-state index in [4.69, 9.17) is 0 Å². The van der Waals surface area contributed by atoms with Crippen LogP contribution in [0.4, 0.5) is 5.69 Å². The number of carbonyl (C=O) groups is 1. The lowest BCUT2D eigenvalue weighted by Gasteiger charge is -2.17. The molecular weight excluding hydrogens is 242 g/mol. The molecule has 2 aromatic rings. The molecule has 4 nitrogen and oxygen atoms in total. The fourth-order valence-electron chi connectivity index (χ4n) is 1.91. The number of carboxylic acid groups (broad SMARTS) is 1. The van der Waals surface area contributed by atoms with Crippen molar-refractivity contribution < 1.29 is 15.0 Å². The molecule has 4 heteroatoms. The predicted octanol–water partition coefficient (Wildman–Crippen LogP) is 2.94. The van der Waals surface area contributed by atoms with Gasteiger partial charge in [-0.3, -0.25) is 0 Å². The SMILES string of the molecule is Cc1cccc(NC(C(=O)O)c2ccccc2O)c1. The molecule has 0 spiro atoms. The van der Waals surface area contributed by atoms with Gasteiger partial charge >= 0.3 is 5.97 Å². The third kappa shape index (κ3) is 3.04. The van der Waals surface area contributed by atoms with Gasteiger partial charge in [0.05, 0.1) is 0 Å². The highest BCUT2D eigenvalue weighted by molar-refractivity contribution is 5.80. The van der Waals surface area contributed by atoms with Crippen LogP contribution in [-0.4, -0.2) is 16.2 Å². The van der Waals surface area contributed by atoms with E-state index in [9.17, 15) is 15.0 Å². The summed E-state index contributed by atoms with van der Waals surface area (Å²) in [6.07, 6.45) is 0. The third-order valence-electron chi connectivity index (χ3n) is 2.82. The maximum Gasteiger partial charge on any atom is 0.330 e. The Labute approximate surface area is 111 Å². The van der Waals surface area contributed by atoms with Crippen LogP contribution in [0, 0.1) is 6.92 Å². The molecule has 98 valence electrons. The second-order valence-corrected chi connectivity index (χ2v) is 4.34.